The normalized spacial score (nSPS) is 12.0. The fourth-order valence-corrected chi connectivity index (χ4v) is 2.51. The van der Waals surface area contributed by atoms with Gasteiger partial charge in [0.25, 0.3) is 0 Å². The van der Waals surface area contributed by atoms with Gasteiger partial charge in [-0.25, -0.2) is 4.98 Å². The van der Waals surface area contributed by atoms with E-state index >= 15 is 0 Å². The van der Waals surface area contributed by atoms with Crippen molar-refractivity contribution >= 4 is 5.91 Å². The van der Waals surface area contributed by atoms with Gasteiger partial charge in [0.1, 0.15) is 5.75 Å². The zero-order valence-corrected chi connectivity index (χ0v) is 14.7. The second-order valence-corrected chi connectivity index (χ2v) is 5.83. The molecule has 0 aliphatic rings. The molecule has 1 N–H and O–H groups in total. The molecule has 0 radical (unpaired) electrons. The molecule has 0 unspecified atom stereocenters. The summed E-state index contributed by atoms with van der Waals surface area (Å²) >= 11 is 0. The van der Waals surface area contributed by atoms with Crippen LogP contribution in [0.2, 0.25) is 0 Å². The van der Waals surface area contributed by atoms with Crippen LogP contribution in [0.3, 0.4) is 0 Å². The monoisotopic (exact) mass is 330 g/mol. The minimum absolute atomic E-state index is 0.0387. The summed E-state index contributed by atoms with van der Waals surface area (Å²) in [6.07, 6.45) is 4.64. The Balaban J connectivity index is 1.87. The first kappa shape index (κ1) is 18.0. The molecule has 0 fully saturated rings. The molecule has 5 heteroatoms. The minimum Gasteiger partial charge on any atom is -0.494 e. The molecule has 2 rings (SSSR count). The molecule has 2 aromatic rings. The highest BCUT2D eigenvalue weighted by Crippen LogP contribution is 2.23. The number of amides is 1. The van der Waals surface area contributed by atoms with E-state index < -0.39 is 0 Å². The van der Waals surface area contributed by atoms with Crippen molar-refractivity contribution in [2.24, 2.45) is 0 Å². The van der Waals surface area contributed by atoms with E-state index in [1.165, 1.54) is 0 Å². The highest BCUT2D eigenvalue weighted by atomic mass is 16.5. The van der Waals surface area contributed by atoms with Crippen molar-refractivity contribution in [2.45, 2.75) is 52.5 Å². The third kappa shape index (κ3) is 5.41. The van der Waals surface area contributed by atoms with Crippen LogP contribution in [0.25, 0.3) is 11.3 Å². The van der Waals surface area contributed by atoms with Gasteiger partial charge in [0, 0.05) is 24.4 Å². The first-order valence-corrected chi connectivity index (χ1v) is 8.59. The van der Waals surface area contributed by atoms with Gasteiger partial charge in [-0.1, -0.05) is 13.3 Å². The van der Waals surface area contributed by atoms with Gasteiger partial charge in [-0.15, -0.1) is 0 Å². The second-order valence-electron chi connectivity index (χ2n) is 5.83. The fourth-order valence-electron chi connectivity index (χ4n) is 2.51. The Morgan fingerprint density at radius 3 is 2.71 bits per heavy atom. The van der Waals surface area contributed by atoms with Crippen molar-refractivity contribution in [3.63, 3.8) is 0 Å². The predicted octanol–water partition coefficient (Wildman–Crippen LogP) is 3.98. The lowest BCUT2D eigenvalue weighted by Crippen LogP contribution is -2.32. The predicted molar refractivity (Wildman–Crippen MR) is 93.9 cm³/mol. The molecule has 0 aliphatic carbocycles. The van der Waals surface area contributed by atoms with Crippen molar-refractivity contribution in [3.05, 3.63) is 36.4 Å². The van der Waals surface area contributed by atoms with Crippen LogP contribution in [0.1, 0.15) is 45.9 Å². The number of nitrogens with zero attached hydrogens (tertiary/aromatic N) is 1. The Labute approximate surface area is 143 Å². The first-order chi connectivity index (χ1) is 11.6. The largest absolute Gasteiger partial charge is 0.494 e. The van der Waals surface area contributed by atoms with Crippen molar-refractivity contribution < 1.29 is 13.9 Å². The smallest absolute Gasteiger partial charge is 0.220 e. The highest BCUT2D eigenvalue weighted by molar-refractivity contribution is 5.76. The van der Waals surface area contributed by atoms with Gasteiger partial charge < -0.3 is 14.5 Å². The topological polar surface area (TPSA) is 64.4 Å². The molecule has 24 heavy (non-hydrogen) atoms. The SMILES string of the molecule is CCC[C@@H](C)NC(=O)CCc1ncc(-c2ccc(OCC)cc2)o1. The van der Waals surface area contributed by atoms with Crippen LogP contribution in [0, 0.1) is 0 Å². The molecule has 0 saturated carbocycles. The van der Waals surface area contributed by atoms with E-state index in [4.69, 9.17) is 9.15 Å². The summed E-state index contributed by atoms with van der Waals surface area (Å²) in [7, 11) is 0. The maximum Gasteiger partial charge on any atom is 0.220 e. The van der Waals surface area contributed by atoms with Crippen LogP contribution < -0.4 is 10.1 Å². The van der Waals surface area contributed by atoms with Crippen LogP contribution in [-0.4, -0.2) is 23.5 Å². The molecule has 1 heterocycles. The third-order valence-electron chi connectivity index (χ3n) is 3.70. The average molecular weight is 330 g/mol. The van der Waals surface area contributed by atoms with Gasteiger partial charge in [-0.05, 0) is 44.5 Å². The molecular weight excluding hydrogens is 304 g/mol. The molecular formula is C19H26N2O3. The lowest BCUT2D eigenvalue weighted by molar-refractivity contribution is -0.121. The molecule has 130 valence electrons. The Kier molecular flexibility index (Phi) is 6.85. The molecule has 1 atom stereocenters. The number of aromatic nitrogens is 1. The van der Waals surface area contributed by atoms with E-state index in [0.717, 1.165) is 24.2 Å². The molecule has 0 aliphatic heterocycles. The van der Waals surface area contributed by atoms with Crippen molar-refractivity contribution in [1.29, 1.82) is 0 Å². The molecule has 0 bridgehead atoms. The summed E-state index contributed by atoms with van der Waals surface area (Å²) in [5, 5.41) is 2.99. The van der Waals surface area contributed by atoms with Gasteiger partial charge in [0.05, 0.1) is 12.8 Å². The van der Waals surface area contributed by atoms with E-state index in [0.29, 0.717) is 31.1 Å². The molecule has 0 spiro atoms. The number of rotatable bonds is 9. The number of benzene rings is 1. The minimum atomic E-state index is 0.0387. The fraction of sp³-hybridized carbons (Fsp3) is 0.474. The Morgan fingerprint density at radius 1 is 1.29 bits per heavy atom. The lowest BCUT2D eigenvalue weighted by atomic mass is 10.2. The number of carbonyl (C=O) groups is 1. The van der Waals surface area contributed by atoms with E-state index in [1.807, 2.05) is 38.1 Å². The quantitative estimate of drug-likeness (QED) is 0.755. The van der Waals surface area contributed by atoms with E-state index in [1.54, 1.807) is 6.20 Å². The lowest BCUT2D eigenvalue weighted by Gasteiger charge is -2.11. The summed E-state index contributed by atoms with van der Waals surface area (Å²) in [4.78, 5) is 16.1. The molecule has 0 saturated heterocycles. The standard InChI is InChI=1S/C19H26N2O3/c1-4-6-14(3)21-18(22)11-12-19-20-13-17(24-19)15-7-9-16(10-8-15)23-5-2/h7-10,13-14H,4-6,11-12H2,1-3H3,(H,21,22)/t14-/m1/s1. The van der Waals surface area contributed by atoms with E-state index in [-0.39, 0.29) is 11.9 Å². The van der Waals surface area contributed by atoms with Gasteiger partial charge >= 0.3 is 0 Å². The summed E-state index contributed by atoms with van der Waals surface area (Å²) in [5.41, 5.74) is 0.943. The number of hydrogen-bond acceptors (Lipinski definition) is 4. The number of hydrogen-bond donors (Lipinski definition) is 1. The summed E-state index contributed by atoms with van der Waals surface area (Å²) in [6.45, 7) is 6.73. The molecule has 1 aromatic carbocycles. The summed E-state index contributed by atoms with van der Waals surface area (Å²) in [5.74, 6) is 2.15. The third-order valence-corrected chi connectivity index (χ3v) is 3.70. The van der Waals surface area contributed by atoms with Crippen molar-refractivity contribution in [2.75, 3.05) is 6.61 Å². The molecule has 5 nitrogen and oxygen atoms in total. The Hall–Kier alpha value is -2.30. The van der Waals surface area contributed by atoms with Crippen LogP contribution in [0.15, 0.2) is 34.9 Å². The zero-order valence-electron chi connectivity index (χ0n) is 14.7. The van der Waals surface area contributed by atoms with E-state index in [2.05, 4.69) is 17.2 Å². The summed E-state index contributed by atoms with van der Waals surface area (Å²) < 4.78 is 11.2. The number of carbonyl (C=O) groups excluding carboxylic acids is 1. The van der Waals surface area contributed by atoms with Crippen molar-refractivity contribution in [3.8, 4) is 17.1 Å². The first-order valence-electron chi connectivity index (χ1n) is 8.59. The van der Waals surface area contributed by atoms with Crippen LogP contribution in [0.4, 0.5) is 0 Å². The average Bonchev–Trinajstić information content (AvgIpc) is 3.03. The van der Waals surface area contributed by atoms with Gasteiger partial charge in [0.15, 0.2) is 11.7 Å². The van der Waals surface area contributed by atoms with Crippen LogP contribution in [-0.2, 0) is 11.2 Å². The van der Waals surface area contributed by atoms with Crippen molar-refractivity contribution in [1.82, 2.24) is 10.3 Å². The van der Waals surface area contributed by atoms with Crippen LogP contribution in [0.5, 0.6) is 5.75 Å². The Bertz CT molecular complexity index is 634. The number of nitrogens with one attached hydrogen (secondary N) is 1. The maximum absolute atomic E-state index is 11.9. The number of aryl methyl sites for hydroxylation is 1. The van der Waals surface area contributed by atoms with Gasteiger partial charge in [0.2, 0.25) is 5.91 Å². The van der Waals surface area contributed by atoms with E-state index in [9.17, 15) is 4.79 Å². The van der Waals surface area contributed by atoms with Gasteiger partial charge in [-0.3, -0.25) is 4.79 Å². The zero-order chi connectivity index (χ0) is 17.4. The maximum atomic E-state index is 11.9. The number of ether oxygens (including phenoxy) is 1. The highest BCUT2D eigenvalue weighted by Gasteiger charge is 2.11. The molecule has 1 amide bonds. The summed E-state index contributed by atoms with van der Waals surface area (Å²) in [6, 6.07) is 7.90. The van der Waals surface area contributed by atoms with Gasteiger partial charge in [-0.2, -0.15) is 0 Å². The second kappa shape index (κ2) is 9.11. The molecule has 1 aromatic heterocycles. The number of oxazole rings is 1. The van der Waals surface area contributed by atoms with Crippen LogP contribution >= 0.6 is 0 Å². The Morgan fingerprint density at radius 2 is 2.04 bits per heavy atom.